The molecule has 2 unspecified atom stereocenters. The first-order valence-corrected chi connectivity index (χ1v) is 5.42. The molecule has 3 heteroatoms. The van der Waals surface area contributed by atoms with Gasteiger partial charge in [-0.2, -0.15) is 0 Å². The molecule has 2 N–H and O–H groups in total. The molecular formula is C10H21N3. The highest BCUT2D eigenvalue weighted by Crippen LogP contribution is 2.24. The van der Waals surface area contributed by atoms with Gasteiger partial charge < -0.3 is 10.6 Å². The van der Waals surface area contributed by atoms with Gasteiger partial charge in [0.1, 0.15) is 0 Å². The molecule has 2 heterocycles. The van der Waals surface area contributed by atoms with Crippen LogP contribution in [0.15, 0.2) is 0 Å². The summed E-state index contributed by atoms with van der Waals surface area (Å²) in [4.78, 5) is 5.10. The normalized spacial score (nSPS) is 37.4. The van der Waals surface area contributed by atoms with Crippen molar-refractivity contribution in [1.82, 2.24) is 9.80 Å². The number of hydrogen-bond acceptors (Lipinski definition) is 3. The first-order valence-electron chi connectivity index (χ1n) is 5.42. The monoisotopic (exact) mass is 183 g/mol. The minimum atomic E-state index is 0.761. The summed E-state index contributed by atoms with van der Waals surface area (Å²) in [5, 5.41) is 0. The zero-order chi connectivity index (χ0) is 9.26. The zero-order valence-corrected chi connectivity index (χ0v) is 8.58. The minimum Gasteiger partial charge on any atom is -0.330 e. The van der Waals surface area contributed by atoms with Crippen molar-refractivity contribution in [3.05, 3.63) is 0 Å². The van der Waals surface area contributed by atoms with Gasteiger partial charge in [0.15, 0.2) is 0 Å². The fourth-order valence-electron chi connectivity index (χ4n) is 2.72. The van der Waals surface area contributed by atoms with Gasteiger partial charge in [-0.1, -0.05) is 0 Å². The summed E-state index contributed by atoms with van der Waals surface area (Å²) in [6, 6.07) is 0.793. The third-order valence-electron chi connectivity index (χ3n) is 3.46. The second-order valence-corrected chi connectivity index (χ2v) is 4.60. The lowest BCUT2D eigenvalue weighted by Gasteiger charge is -2.22. The van der Waals surface area contributed by atoms with E-state index in [0.717, 1.165) is 18.5 Å². The van der Waals surface area contributed by atoms with Crippen LogP contribution in [0.3, 0.4) is 0 Å². The molecule has 2 aliphatic rings. The summed E-state index contributed by atoms with van der Waals surface area (Å²) in [5.74, 6) is 0.761. The third kappa shape index (κ3) is 2.03. The van der Waals surface area contributed by atoms with Gasteiger partial charge in [-0.3, -0.25) is 4.90 Å². The van der Waals surface area contributed by atoms with Crippen LogP contribution < -0.4 is 5.73 Å². The number of nitrogens with zero attached hydrogens (tertiary/aromatic N) is 2. The fourth-order valence-corrected chi connectivity index (χ4v) is 2.72. The summed E-state index contributed by atoms with van der Waals surface area (Å²) >= 11 is 0. The Morgan fingerprint density at radius 2 is 2.15 bits per heavy atom. The van der Waals surface area contributed by atoms with E-state index in [1.165, 1.54) is 39.0 Å². The molecule has 0 aromatic heterocycles. The molecule has 0 amide bonds. The van der Waals surface area contributed by atoms with E-state index >= 15 is 0 Å². The van der Waals surface area contributed by atoms with Gasteiger partial charge in [-0.15, -0.1) is 0 Å². The topological polar surface area (TPSA) is 32.5 Å². The predicted octanol–water partition coefficient (Wildman–Crippen LogP) is -0.0289. The van der Waals surface area contributed by atoms with E-state index in [1.54, 1.807) is 0 Å². The van der Waals surface area contributed by atoms with Gasteiger partial charge in [-0.05, 0) is 45.4 Å². The first kappa shape index (κ1) is 9.44. The van der Waals surface area contributed by atoms with Crippen molar-refractivity contribution < 1.29 is 0 Å². The maximum absolute atomic E-state index is 5.72. The van der Waals surface area contributed by atoms with Gasteiger partial charge in [0.05, 0.1) is 0 Å². The van der Waals surface area contributed by atoms with Crippen LogP contribution in [0.25, 0.3) is 0 Å². The maximum atomic E-state index is 5.72. The first-order chi connectivity index (χ1) is 6.29. The Labute approximate surface area is 80.9 Å². The summed E-state index contributed by atoms with van der Waals surface area (Å²) in [6.45, 7) is 5.91. The summed E-state index contributed by atoms with van der Waals surface area (Å²) in [7, 11) is 2.24. The molecule has 0 aromatic rings. The van der Waals surface area contributed by atoms with Crippen molar-refractivity contribution in [2.24, 2.45) is 11.7 Å². The molecule has 2 aliphatic heterocycles. The van der Waals surface area contributed by atoms with Gasteiger partial charge in [-0.25, -0.2) is 0 Å². The molecule has 2 atom stereocenters. The van der Waals surface area contributed by atoms with Crippen LogP contribution in [0.1, 0.15) is 12.8 Å². The SMILES string of the molecule is CN1CCCN2CC(CN)CC2C1. The molecule has 0 spiro atoms. The minimum absolute atomic E-state index is 0.761. The van der Waals surface area contributed by atoms with Gasteiger partial charge in [0, 0.05) is 19.1 Å². The van der Waals surface area contributed by atoms with Crippen molar-refractivity contribution in [2.45, 2.75) is 18.9 Å². The van der Waals surface area contributed by atoms with E-state index in [0.29, 0.717) is 0 Å². The Morgan fingerprint density at radius 1 is 1.31 bits per heavy atom. The number of fused-ring (bicyclic) bond motifs is 1. The summed E-state index contributed by atoms with van der Waals surface area (Å²) in [5.41, 5.74) is 5.72. The van der Waals surface area contributed by atoms with E-state index in [4.69, 9.17) is 5.73 Å². The van der Waals surface area contributed by atoms with Crippen LogP contribution in [0, 0.1) is 5.92 Å². The van der Waals surface area contributed by atoms with Crippen LogP contribution in [0.4, 0.5) is 0 Å². The molecule has 3 nitrogen and oxygen atoms in total. The highest BCUT2D eigenvalue weighted by atomic mass is 15.2. The summed E-state index contributed by atoms with van der Waals surface area (Å²) in [6.07, 6.45) is 2.64. The maximum Gasteiger partial charge on any atom is 0.0226 e. The van der Waals surface area contributed by atoms with E-state index in [1.807, 2.05) is 0 Å². The van der Waals surface area contributed by atoms with Crippen molar-refractivity contribution in [3.8, 4) is 0 Å². The molecule has 76 valence electrons. The molecule has 2 rings (SSSR count). The zero-order valence-electron chi connectivity index (χ0n) is 8.58. The largest absolute Gasteiger partial charge is 0.330 e. The number of nitrogens with two attached hydrogens (primary N) is 1. The van der Waals surface area contributed by atoms with Crippen molar-refractivity contribution in [3.63, 3.8) is 0 Å². The quantitative estimate of drug-likeness (QED) is 0.620. The molecular weight excluding hydrogens is 162 g/mol. The smallest absolute Gasteiger partial charge is 0.0226 e. The Balaban J connectivity index is 1.95. The Kier molecular flexibility index (Phi) is 2.86. The van der Waals surface area contributed by atoms with Gasteiger partial charge in [0.25, 0.3) is 0 Å². The molecule has 0 radical (unpaired) electrons. The van der Waals surface area contributed by atoms with Crippen molar-refractivity contribution >= 4 is 0 Å². The molecule has 2 saturated heterocycles. The van der Waals surface area contributed by atoms with Crippen LogP contribution in [0.2, 0.25) is 0 Å². The highest BCUT2D eigenvalue weighted by molar-refractivity contribution is 4.88. The van der Waals surface area contributed by atoms with E-state index < -0.39 is 0 Å². The Bertz CT molecular complexity index is 172. The van der Waals surface area contributed by atoms with Gasteiger partial charge in [0.2, 0.25) is 0 Å². The Morgan fingerprint density at radius 3 is 2.92 bits per heavy atom. The molecule has 13 heavy (non-hydrogen) atoms. The lowest BCUT2D eigenvalue weighted by Crippen LogP contribution is -2.34. The van der Waals surface area contributed by atoms with Crippen LogP contribution in [0.5, 0.6) is 0 Å². The standard InChI is InChI=1S/C10H21N3/c1-12-3-2-4-13-7-9(6-11)5-10(13)8-12/h9-10H,2-8,11H2,1H3. The molecule has 0 aliphatic carbocycles. The van der Waals surface area contributed by atoms with E-state index in [2.05, 4.69) is 16.8 Å². The van der Waals surface area contributed by atoms with Crippen LogP contribution in [-0.4, -0.2) is 55.6 Å². The lowest BCUT2D eigenvalue weighted by molar-refractivity contribution is 0.240. The second-order valence-electron chi connectivity index (χ2n) is 4.60. The average molecular weight is 183 g/mol. The number of rotatable bonds is 1. The van der Waals surface area contributed by atoms with Crippen molar-refractivity contribution in [1.29, 1.82) is 0 Å². The molecule has 0 saturated carbocycles. The number of likely N-dealkylation sites (N-methyl/N-ethyl adjacent to an activating group) is 1. The molecule has 0 aromatic carbocycles. The van der Waals surface area contributed by atoms with Crippen molar-refractivity contribution in [2.75, 3.05) is 39.8 Å². The number of hydrogen-bond donors (Lipinski definition) is 1. The van der Waals surface area contributed by atoms with Gasteiger partial charge >= 0.3 is 0 Å². The second kappa shape index (κ2) is 3.95. The Hall–Kier alpha value is -0.120. The average Bonchev–Trinajstić information content (AvgIpc) is 2.41. The summed E-state index contributed by atoms with van der Waals surface area (Å²) < 4.78 is 0. The third-order valence-corrected chi connectivity index (χ3v) is 3.46. The predicted molar refractivity (Wildman–Crippen MR) is 54.6 cm³/mol. The van der Waals surface area contributed by atoms with Crippen LogP contribution in [-0.2, 0) is 0 Å². The van der Waals surface area contributed by atoms with E-state index in [-0.39, 0.29) is 0 Å². The van der Waals surface area contributed by atoms with Crippen LogP contribution >= 0.6 is 0 Å². The highest BCUT2D eigenvalue weighted by Gasteiger charge is 2.32. The fraction of sp³-hybridized carbons (Fsp3) is 1.00. The molecule has 2 fully saturated rings. The lowest BCUT2D eigenvalue weighted by atomic mass is 10.1. The molecule has 0 bridgehead atoms. The van der Waals surface area contributed by atoms with E-state index in [9.17, 15) is 0 Å².